The van der Waals surface area contributed by atoms with Gasteiger partial charge in [0.1, 0.15) is 0 Å². The first kappa shape index (κ1) is 21.5. The maximum atomic E-state index is 12.9. The Kier molecular flexibility index (Phi) is 6.56. The number of amides is 1. The van der Waals surface area contributed by atoms with Crippen LogP contribution in [0.2, 0.25) is 10.0 Å². The lowest BCUT2D eigenvalue weighted by Gasteiger charge is -2.15. The molecule has 4 rings (SSSR count). The van der Waals surface area contributed by atoms with E-state index < -0.39 is 0 Å². The number of halogens is 2. The fourth-order valence-corrected chi connectivity index (χ4v) is 5.25. The number of thioether (sulfide) groups is 1. The van der Waals surface area contributed by atoms with Crippen LogP contribution in [0.25, 0.3) is 6.08 Å². The van der Waals surface area contributed by atoms with Gasteiger partial charge in [-0.3, -0.25) is 9.69 Å². The molecule has 0 atom stereocenters. The highest BCUT2D eigenvalue weighted by Crippen LogP contribution is 2.38. The molecule has 7 heteroatoms. The molecule has 30 heavy (non-hydrogen) atoms. The topological polar surface area (TPSA) is 20.3 Å². The molecule has 1 amide bonds. The fraction of sp³-hybridized carbons (Fsp3) is 0.0435. The Morgan fingerprint density at radius 2 is 1.57 bits per heavy atom. The summed E-state index contributed by atoms with van der Waals surface area (Å²) in [5.41, 5.74) is 2.80. The second-order valence-electron chi connectivity index (χ2n) is 6.60. The van der Waals surface area contributed by atoms with Crippen molar-refractivity contribution in [3.8, 4) is 0 Å². The molecule has 2 nitrogen and oxygen atoms in total. The molecule has 0 aliphatic carbocycles. The molecule has 0 N–H and O–H groups in total. The number of carbonyl (C=O) groups is 1. The van der Waals surface area contributed by atoms with Crippen molar-refractivity contribution in [2.45, 2.75) is 16.7 Å². The highest BCUT2D eigenvalue weighted by atomic mass is 35.5. The van der Waals surface area contributed by atoms with E-state index in [-0.39, 0.29) is 5.91 Å². The van der Waals surface area contributed by atoms with E-state index in [0.29, 0.717) is 25.0 Å². The average Bonchev–Trinajstić information content (AvgIpc) is 3.00. The van der Waals surface area contributed by atoms with Crippen LogP contribution >= 0.6 is 58.9 Å². The third-order valence-corrected chi connectivity index (χ3v) is 7.45. The summed E-state index contributed by atoms with van der Waals surface area (Å²) in [5.74, 6) is -0.165. The Hall–Kier alpha value is -1.76. The summed E-state index contributed by atoms with van der Waals surface area (Å²) < 4.78 is 0.469. The quantitative estimate of drug-likeness (QED) is 0.275. The lowest BCUT2D eigenvalue weighted by Crippen LogP contribution is -2.27. The highest BCUT2D eigenvalue weighted by molar-refractivity contribution is 8.27. The first-order valence-electron chi connectivity index (χ1n) is 8.98. The van der Waals surface area contributed by atoms with Crippen molar-refractivity contribution >= 4 is 80.9 Å². The zero-order chi connectivity index (χ0) is 21.3. The first-order chi connectivity index (χ1) is 14.4. The van der Waals surface area contributed by atoms with Gasteiger partial charge in [0, 0.05) is 9.79 Å². The van der Waals surface area contributed by atoms with Crippen molar-refractivity contribution in [1.29, 1.82) is 0 Å². The van der Waals surface area contributed by atoms with Crippen LogP contribution in [0.5, 0.6) is 0 Å². The van der Waals surface area contributed by atoms with Crippen molar-refractivity contribution in [1.82, 2.24) is 0 Å². The van der Waals surface area contributed by atoms with Crippen LogP contribution in [0.15, 0.2) is 81.4 Å². The lowest BCUT2D eigenvalue weighted by atomic mass is 10.2. The van der Waals surface area contributed by atoms with Gasteiger partial charge in [-0.05, 0) is 61.0 Å². The summed E-state index contributed by atoms with van der Waals surface area (Å²) in [5, 5.41) is 0.818. The van der Waals surface area contributed by atoms with Crippen molar-refractivity contribution in [2.24, 2.45) is 0 Å². The maximum Gasteiger partial charge on any atom is 0.270 e. The molecule has 1 fully saturated rings. The van der Waals surface area contributed by atoms with E-state index in [0.717, 1.165) is 10.5 Å². The number of hydrogen-bond acceptors (Lipinski definition) is 4. The molecule has 0 spiro atoms. The van der Waals surface area contributed by atoms with Crippen LogP contribution in [0.3, 0.4) is 0 Å². The standard InChI is InChI=1S/C23H15Cl2NOS3/c1-14-2-7-17(8-3-14)29-18-9-4-15(5-10-18)12-21-22(27)26(23(28)30-21)16-6-11-19(24)20(25)13-16/h2-13H,1H3/b21-12+. The van der Waals surface area contributed by atoms with Gasteiger partial charge >= 0.3 is 0 Å². The predicted molar refractivity (Wildman–Crippen MR) is 134 cm³/mol. The van der Waals surface area contributed by atoms with E-state index in [1.165, 1.54) is 27.1 Å². The number of anilines is 1. The summed E-state index contributed by atoms with van der Waals surface area (Å²) in [6.45, 7) is 2.08. The van der Waals surface area contributed by atoms with Crippen LogP contribution in [-0.2, 0) is 4.79 Å². The van der Waals surface area contributed by atoms with E-state index in [2.05, 4.69) is 43.3 Å². The zero-order valence-electron chi connectivity index (χ0n) is 15.8. The molecule has 1 aliphatic rings. The van der Waals surface area contributed by atoms with Gasteiger partial charge in [0.15, 0.2) is 4.32 Å². The molecule has 150 valence electrons. The molecule has 0 bridgehead atoms. The summed E-state index contributed by atoms with van der Waals surface area (Å²) in [6, 6.07) is 21.6. The zero-order valence-corrected chi connectivity index (χ0v) is 19.7. The summed E-state index contributed by atoms with van der Waals surface area (Å²) >= 11 is 20.5. The molecule has 0 radical (unpaired) electrons. The minimum atomic E-state index is -0.165. The van der Waals surface area contributed by atoms with Gasteiger partial charge < -0.3 is 0 Å². The number of benzene rings is 3. The minimum Gasteiger partial charge on any atom is -0.268 e. The molecule has 0 unspecified atom stereocenters. The Labute approximate surface area is 199 Å². The first-order valence-corrected chi connectivity index (χ1v) is 11.8. The third kappa shape index (κ3) is 4.76. The average molecular weight is 488 g/mol. The molecule has 1 heterocycles. The van der Waals surface area contributed by atoms with Gasteiger partial charge in [0.05, 0.1) is 20.6 Å². The number of rotatable bonds is 4. The smallest absolute Gasteiger partial charge is 0.268 e. The van der Waals surface area contributed by atoms with E-state index in [1.807, 2.05) is 18.2 Å². The number of nitrogens with zero attached hydrogens (tertiary/aromatic N) is 1. The van der Waals surface area contributed by atoms with Crippen molar-refractivity contribution in [3.05, 3.63) is 92.8 Å². The molecule has 1 saturated heterocycles. The maximum absolute atomic E-state index is 12.9. The van der Waals surface area contributed by atoms with Crippen LogP contribution < -0.4 is 4.90 Å². The number of carbonyl (C=O) groups excluding carboxylic acids is 1. The van der Waals surface area contributed by atoms with Crippen molar-refractivity contribution in [2.75, 3.05) is 4.90 Å². The molecule has 1 aliphatic heterocycles. The van der Waals surface area contributed by atoms with E-state index in [1.54, 1.807) is 30.0 Å². The Balaban J connectivity index is 1.51. The number of aryl methyl sites for hydroxylation is 1. The monoisotopic (exact) mass is 487 g/mol. The van der Waals surface area contributed by atoms with Gasteiger partial charge in [0.25, 0.3) is 5.91 Å². The summed E-state index contributed by atoms with van der Waals surface area (Å²) in [4.78, 5) is 17.3. The predicted octanol–water partition coefficient (Wildman–Crippen LogP) is 7.86. The minimum absolute atomic E-state index is 0.165. The Morgan fingerprint density at radius 1 is 0.933 bits per heavy atom. The number of hydrogen-bond donors (Lipinski definition) is 0. The van der Waals surface area contributed by atoms with Crippen LogP contribution in [0.4, 0.5) is 5.69 Å². The molecule has 3 aromatic carbocycles. The molecule has 0 saturated carbocycles. The molecular weight excluding hydrogens is 473 g/mol. The lowest BCUT2D eigenvalue weighted by molar-refractivity contribution is -0.113. The van der Waals surface area contributed by atoms with Crippen LogP contribution in [-0.4, -0.2) is 10.2 Å². The Morgan fingerprint density at radius 3 is 2.20 bits per heavy atom. The van der Waals surface area contributed by atoms with Crippen molar-refractivity contribution in [3.63, 3.8) is 0 Å². The van der Waals surface area contributed by atoms with Crippen LogP contribution in [0, 0.1) is 6.92 Å². The SMILES string of the molecule is Cc1ccc(Sc2ccc(/C=C3/SC(=S)N(c4ccc(Cl)c(Cl)c4)C3=O)cc2)cc1. The molecule has 0 aromatic heterocycles. The van der Waals surface area contributed by atoms with Gasteiger partial charge in [-0.25, -0.2) is 0 Å². The highest BCUT2D eigenvalue weighted by Gasteiger charge is 2.33. The van der Waals surface area contributed by atoms with Gasteiger partial charge in [-0.1, -0.05) is 88.8 Å². The van der Waals surface area contributed by atoms with Crippen molar-refractivity contribution < 1.29 is 4.79 Å². The van der Waals surface area contributed by atoms with E-state index in [9.17, 15) is 4.79 Å². The third-order valence-electron chi connectivity index (χ3n) is 4.39. The summed E-state index contributed by atoms with van der Waals surface area (Å²) in [6.07, 6.45) is 1.86. The fourth-order valence-electron chi connectivity index (χ4n) is 2.84. The Bertz CT molecular complexity index is 1160. The van der Waals surface area contributed by atoms with E-state index in [4.69, 9.17) is 35.4 Å². The summed E-state index contributed by atoms with van der Waals surface area (Å²) in [7, 11) is 0. The molecular formula is C23H15Cl2NOS3. The molecule has 3 aromatic rings. The van der Waals surface area contributed by atoms with Gasteiger partial charge in [-0.15, -0.1) is 0 Å². The second-order valence-corrected chi connectivity index (χ2v) is 10.2. The van der Waals surface area contributed by atoms with E-state index >= 15 is 0 Å². The normalized spacial score (nSPS) is 15.3. The van der Waals surface area contributed by atoms with Gasteiger partial charge in [0.2, 0.25) is 0 Å². The van der Waals surface area contributed by atoms with Gasteiger partial charge in [-0.2, -0.15) is 0 Å². The largest absolute Gasteiger partial charge is 0.270 e. The van der Waals surface area contributed by atoms with Crippen LogP contribution in [0.1, 0.15) is 11.1 Å². The number of thiocarbonyl (C=S) groups is 1. The second kappa shape index (κ2) is 9.16.